The molecule has 1 aliphatic heterocycles. The molecule has 2 N–H and O–H groups in total. The number of hydrogen-bond acceptors (Lipinski definition) is 3. The molecular formula is C21H29F3N2O2. The Hall–Kier alpha value is -1.76. The average molecular weight is 398 g/mol. The van der Waals surface area contributed by atoms with Crippen molar-refractivity contribution in [2.24, 2.45) is 17.6 Å². The summed E-state index contributed by atoms with van der Waals surface area (Å²) < 4.78 is 45.6. The molecule has 3 rings (SSSR count). The Morgan fingerprint density at radius 2 is 1.57 bits per heavy atom. The van der Waals surface area contributed by atoms with E-state index in [9.17, 15) is 18.0 Å². The number of halogens is 3. The van der Waals surface area contributed by atoms with Crippen LogP contribution in [-0.4, -0.2) is 36.5 Å². The summed E-state index contributed by atoms with van der Waals surface area (Å²) in [6.07, 6.45) is 7.45. The third-order valence-electron chi connectivity index (χ3n) is 6.11. The third kappa shape index (κ3) is 5.87. The maximum Gasteiger partial charge on any atom is 0.217 e. The Labute approximate surface area is 164 Å². The molecule has 1 aromatic rings. The van der Waals surface area contributed by atoms with Crippen molar-refractivity contribution in [1.29, 1.82) is 0 Å². The number of carbonyl (C=O) groups is 1. The van der Waals surface area contributed by atoms with Gasteiger partial charge in [0.15, 0.2) is 23.2 Å². The molecule has 1 aliphatic carbocycles. The van der Waals surface area contributed by atoms with Gasteiger partial charge in [-0.15, -0.1) is 0 Å². The maximum absolute atomic E-state index is 13.7. The summed E-state index contributed by atoms with van der Waals surface area (Å²) in [5, 5.41) is 0. The minimum Gasteiger partial charge on any atom is -0.487 e. The van der Waals surface area contributed by atoms with E-state index in [2.05, 4.69) is 4.90 Å². The second-order valence-corrected chi connectivity index (χ2v) is 8.20. The molecule has 0 radical (unpaired) electrons. The molecule has 0 aromatic heterocycles. The van der Waals surface area contributed by atoms with Crippen molar-refractivity contribution in [3.63, 3.8) is 0 Å². The van der Waals surface area contributed by atoms with Gasteiger partial charge in [0, 0.05) is 31.6 Å². The number of amides is 1. The maximum atomic E-state index is 13.7. The van der Waals surface area contributed by atoms with Gasteiger partial charge in [-0.25, -0.2) is 13.2 Å². The molecule has 1 heterocycles. The van der Waals surface area contributed by atoms with Gasteiger partial charge in [0.1, 0.15) is 6.10 Å². The lowest BCUT2D eigenvalue weighted by atomic mass is 9.79. The van der Waals surface area contributed by atoms with Crippen LogP contribution in [0, 0.1) is 29.3 Å². The molecule has 4 nitrogen and oxygen atoms in total. The molecule has 0 bridgehead atoms. The Morgan fingerprint density at radius 1 is 0.964 bits per heavy atom. The lowest BCUT2D eigenvalue weighted by Crippen LogP contribution is -2.39. The van der Waals surface area contributed by atoms with Crippen molar-refractivity contribution in [1.82, 2.24) is 4.90 Å². The number of likely N-dealkylation sites (tertiary alicyclic amines) is 1. The molecule has 1 amide bonds. The molecule has 0 unspecified atom stereocenters. The fraction of sp³-hybridized carbons (Fsp3) is 0.667. The fourth-order valence-electron chi connectivity index (χ4n) is 4.40. The van der Waals surface area contributed by atoms with Crippen LogP contribution in [0.15, 0.2) is 12.1 Å². The molecule has 156 valence electrons. The first kappa shape index (κ1) is 21.0. The lowest BCUT2D eigenvalue weighted by Gasteiger charge is -2.34. The van der Waals surface area contributed by atoms with Crippen molar-refractivity contribution < 1.29 is 22.7 Å². The van der Waals surface area contributed by atoms with Crippen LogP contribution in [0.5, 0.6) is 5.75 Å². The summed E-state index contributed by atoms with van der Waals surface area (Å²) in [7, 11) is 0. The van der Waals surface area contributed by atoms with Gasteiger partial charge in [0.25, 0.3) is 0 Å². The SMILES string of the molecule is NC(=O)CC1CCC(CCN2CCC(Oc3cc(F)c(F)cc3F)CC2)CC1. The number of primary amides is 1. The van der Waals surface area contributed by atoms with Gasteiger partial charge in [-0.2, -0.15) is 0 Å². The van der Waals surface area contributed by atoms with Crippen LogP contribution >= 0.6 is 0 Å². The summed E-state index contributed by atoms with van der Waals surface area (Å²) in [5.41, 5.74) is 5.28. The number of piperidine rings is 1. The number of carbonyl (C=O) groups excluding carboxylic acids is 1. The van der Waals surface area contributed by atoms with E-state index < -0.39 is 17.5 Å². The Balaban J connectivity index is 1.36. The van der Waals surface area contributed by atoms with Crippen molar-refractivity contribution in [3.05, 3.63) is 29.6 Å². The minimum absolute atomic E-state index is 0.181. The van der Waals surface area contributed by atoms with Crippen LogP contribution in [-0.2, 0) is 4.79 Å². The number of ether oxygens (including phenoxy) is 1. The second kappa shape index (κ2) is 9.63. The summed E-state index contributed by atoms with van der Waals surface area (Å²) in [5.74, 6) is -2.43. The molecule has 1 saturated carbocycles. The standard InChI is InChI=1S/C21H29F3N2O2/c22-17-12-19(24)20(13-18(17)23)28-16-6-9-26(10-7-16)8-5-14-1-3-15(4-2-14)11-21(25)27/h12-16H,1-11H2,(H2,25,27). The van der Waals surface area contributed by atoms with E-state index in [1.807, 2.05) is 0 Å². The van der Waals surface area contributed by atoms with Crippen LogP contribution < -0.4 is 10.5 Å². The van der Waals surface area contributed by atoms with Gasteiger partial charge in [0.2, 0.25) is 5.91 Å². The van der Waals surface area contributed by atoms with Crippen molar-refractivity contribution in [3.8, 4) is 5.75 Å². The summed E-state index contributed by atoms with van der Waals surface area (Å²) in [4.78, 5) is 13.4. The molecule has 7 heteroatoms. The van der Waals surface area contributed by atoms with Gasteiger partial charge in [0.05, 0.1) is 0 Å². The predicted octanol–water partition coefficient (Wildman–Crippen LogP) is 4.02. The number of hydrogen-bond donors (Lipinski definition) is 1. The third-order valence-corrected chi connectivity index (χ3v) is 6.11. The molecule has 2 aliphatic rings. The van der Waals surface area contributed by atoms with Gasteiger partial charge in [-0.05, 0) is 50.5 Å². The van der Waals surface area contributed by atoms with E-state index in [1.165, 1.54) is 0 Å². The lowest BCUT2D eigenvalue weighted by molar-refractivity contribution is -0.119. The van der Waals surface area contributed by atoms with E-state index in [4.69, 9.17) is 10.5 Å². The van der Waals surface area contributed by atoms with E-state index in [0.29, 0.717) is 24.3 Å². The molecule has 2 fully saturated rings. The van der Waals surface area contributed by atoms with E-state index in [1.54, 1.807) is 0 Å². The summed E-state index contributed by atoms with van der Waals surface area (Å²) >= 11 is 0. The normalized spacial score (nSPS) is 24.2. The Kier molecular flexibility index (Phi) is 7.21. The minimum atomic E-state index is -1.21. The van der Waals surface area contributed by atoms with E-state index in [0.717, 1.165) is 70.6 Å². The number of nitrogens with two attached hydrogens (primary N) is 1. The van der Waals surface area contributed by atoms with Crippen LogP contribution in [0.4, 0.5) is 13.2 Å². The highest BCUT2D eigenvalue weighted by molar-refractivity contribution is 5.73. The number of nitrogens with zero attached hydrogens (tertiary/aromatic N) is 1. The first-order valence-corrected chi connectivity index (χ1v) is 10.2. The van der Waals surface area contributed by atoms with Gasteiger partial charge >= 0.3 is 0 Å². The highest BCUT2D eigenvalue weighted by Crippen LogP contribution is 2.33. The molecular weight excluding hydrogens is 369 g/mol. The molecule has 0 spiro atoms. The Morgan fingerprint density at radius 3 is 2.21 bits per heavy atom. The molecule has 1 aromatic carbocycles. The first-order chi connectivity index (χ1) is 13.4. The molecule has 1 saturated heterocycles. The zero-order chi connectivity index (χ0) is 20.1. The molecule has 0 atom stereocenters. The van der Waals surface area contributed by atoms with E-state index in [-0.39, 0.29) is 17.8 Å². The van der Waals surface area contributed by atoms with Crippen LogP contribution in [0.2, 0.25) is 0 Å². The largest absolute Gasteiger partial charge is 0.487 e. The van der Waals surface area contributed by atoms with Crippen molar-refractivity contribution >= 4 is 5.91 Å². The van der Waals surface area contributed by atoms with Crippen LogP contribution in [0.3, 0.4) is 0 Å². The van der Waals surface area contributed by atoms with Gasteiger partial charge in [-0.1, -0.05) is 12.8 Å². The second-order valence-electron chi connectivity index (χ2n) is 8.20. The number of benzene rings is 1. The van der Waals surface area contributed by atoms with Crippen LogP contribution in [0.25, 0.3) is 0 Å². The number of rotatable bonds is 7. The monoisotopic (exact) mass is 398 g/mol. The molecule has 28 heavy (non-hydrogen) atoms. The topological polar surface area (TPSA) is 55.6 Å². The smallest absolute Gasteiger partial charge is 0.217 e. The Bertz CT molecular complexity index is 670. The highest BCUT2D eigenvalue weighted by Gasteiger charge is 2.25. The zero-order valence-electron chi connectivity index (χ0n) is 16.1. The summed E-state index contributed by atoms with van der Waals surface area (Å²) in [6, 6.07) is 1.31. The average Bonchev–Trinajstić information content (AvgIpc) is 2.66. The quantitative estimate of drug-likeness (QED) is 0.706. The first-order valence-electron chi connectivity index (χ1n) is 10.2. The highest BCUT2D eigenvalue weighted by atomic mass is 19.2. The predicted molar refractivity (Wildman–Crippen MR) is 100 cm³/mol. The zero-order valence-corrected chi connectivity index (χ0v) is 16.1. The van der Waals surface area contributed by atoms with Crippen LogP contribution in [0.1, 0.15) is 51.4 Å². The van der Waals surface area contributed by atoms with Crippen molar-refractivity contribution in [2.75, 3.05) is 19.6 Å². The van der Waals surface area contributed by atoms with Gasteiger partial charge in [-0.3, -0.25) is 4.79 Å². The van der Waals surface area contributed by atoms with Gasteiger partial charge < -0.3 is 15.4 Å². The van der Waals surface area contributed by atoms with Crippen molar-refractivity contribution in [2.45, 2.75) is 57.5 Å². The summed E-state index contributed by atoms with van der Waals surface area (Å²) in [6.45, 7) is 2.73. The van der Waals surface area contributed by atoms with E-state index >= 15 is 0 Å². The fourth-order valence-corrected chi connectivity index (χ4v) is 4.40.